The molecule has 2 heterocycles. The van der Waals surface area contributed by atoms with Crippen LogP contribution in [0.15, 0.2) is 42.0 Å². The molecular weight excluding hydrogens is 348 g/mol. The number of nitrogens with one attached hydrogen (secondary N) is 1. The van der Waals surface area contributed by atoms with Gasteiger partial charge in [-0.1, -0.05) is 11.6 Å². The molecule has 0 unspecified atom stereocenters. The van der Waals surface area contributed by atoms with Crippen molar-refractivity contribution in [2.24, 2.45) is 0 Å². The molecule has 0 aliphatic carbocycles. The van der Waals surface area contributed by atoms with Gasteiger partial charge in [0.2, 0.25) is 11.8 Å². The number of halogens is 1. The first-order valence-electron chi connectivity index (χ1n) is 7.22. The highest BCUT2D eigenvalue weighted by atomic mass is 35.5. The summed E-state index contributed by atoms with van der Waals surface area (Å²) < 4.78 is 1.88. The third-order valence-corrected chi connectivity index (χ3v) is 4.43. The summed E-state index contributed by atoms with van der Waals surface area (Å²) in [6, 6.07) is 6.80. The Morgan fingerprint density at radius 3 is 2.79 bits per heavy atom. The van der Waals surface area contributed by atoms with E-state index in [1.807, 2.05) is 22.2 Å². The third-order valence-electron chi connectivity index (χ3n) is 3.41. The zero-order valence-corrected chi connectivity index (χ0v) is 14.5. The van der Waals surface area contributed by atoms with Crippen molar-refractivity contribution in [2.45, 2.75) is 6.42 Å². The van der Waals surface area contributed by atoms with E-state index < -0.39 is 0 Å². The van der Waals surface area contributed by atoms with E-state index in [1.165, 1.54) is 16.2 Å². The number of amides is 2. The second-order valence-electron chi connectivity index (χ2n) is 5.31. The Kier molecular flexibility index (Phi) is 4.82. The maximum atomic E-state index is 12.2. The van der Waals surface area contributed by atoms with Crippen LogP contribution in [0.3, 0.4) is 0 Å². The molecule has 3 aromatic rings. The highest BCUT2D eigenvalue weighted by Gasteiger charge is 2.15. The fourth-order valence-electron chi connectivity index (χ4n) is 2.19. The first-order chi connectivity index (χ1) is 11.5. The van der Waals surface area contributed by atoms with Gasteiger partial charge < -0.3 is 10.2 Å². The van der Waals surface area contributed by atoms with Gasteiger partial charge in [0, 0.05) is 35.5 Å². The summed E-state index contributed by atoms with van der Waals surface area (Å²) in [4.78, 5) is 30.8. The van der Waals surface area contributed by atoms with Crippen LogP contribution in [0.1, 0.15) is 5.69 Å². The number of imidazole rings is 1. The summed E-state index contributed by atoms with van der Waals surface area (Å²) in [5.41, 5.74) is 1.33. The molecule has 6 nitrogen and oxygen atoms in total. The first-order valence-corrected chi connectivity index (χ1v) is 8.47. The van der Waals surface area contributed by atoms with Crippen LogP contribution in [-0.4, -0.2) is 39.7 Å². The summed E-state index contributed by atoms with van der Waals surface area (Å²) in [7, 11) is 1.60. The van der Waals surface area contributed by atoms with Crippen molar-refractivity contribution >= 4 is 45.4 Å². The SMILES string of the molecule is CN(CC(=O)Nc1ccc(Cl)cc1)C(=O)Cc1cn2ccsc2n1. The topological polar surface area (TPSA) is 66.7 Å². The highest BCUT2D eigenvalue weighted by Crippen LogP contribution is 2.14. The smallest absolute Gasteiger partial charge is 0.243 e. The van der Waals surface area contributed by atoms with Crippen molar-refractivity contribution in [2.75, 3.05) is 18.9 Å². The maximum Gasteiger partial charge on any atom is 0.243 e. The van der Waals surface area contributed by atoms with E-state index in [-0.39, 0.29) is 24.8 Å². The van der Waals surface area contributed by atoms with Crippen molar-refractivity contribution in [1.82, 2.24) is 14.3 Å². The number of fused-ring (bicyclic) bond motifs is 1. The van der Waals surface area contributed by atoms with Gasteiger partial charge in [-0.2, -0.15) is 0 Å². The predicted molar refractivity (Wildman–Crippen MR) is 94.5 cm³/mol. The fraction of sp³-hybridized carbons (Fsp3) is 0.188. The van der Waals surface area contributed by atoms with Crippen LogP contribution >= 0.6 is 22.9 Å². The molecule has 0 bridgehead atoms. The minimum absolute atomic E-state index is 0.0241. The van der Waals surface area contributed by atoms with E-state index in [1.54, 1.807) is 31.3 Å². The lowest BCUT2D eigenvalue weighted by Crippen LogP contribution is -2.35. The quantitative estimate of drug-likeness (QED) is 0.758. The standard InChI is InChI=1S/C16H15ClN4O2S/c1-20(10-14(22)18-12-4-2-11(17)3-5-12)15(23)8-13-9-21-6-7-24-16(21)19-13/h2-7,9H,8,10H2,1H3,(H,18,22). The lowest BCUT2D eigenvalue weighted by molar-refractivity contribution is -0.132. The third kappa shape index (κ3) is 3.93. The number of hydrogen-bond donors (Lipinski definition) is 1. The number of hydrogen-bond acceptors (Lipinski definition) is 4. The highest BCUT2D eigenvalue weighted by molar-refractivity contribution is 7.15. The normalized spacial score (nSPS) is 10.8. The van der Waals surface area contributed by atoms with E-state index in [0.717, 1.165) is 4.96 Å². The molecule has 0 atom stereocenters. The summed E-state index contributed by atoms with van der Waals surface area (Å²) in [5, 5.41) is 5.26. The zero-order valence-electron chi connectivity index (χ0n) is 12.9. The minimum Gasteiger partial charge on any atom is -0.336 e. The summed E-state index contributed by atoms with van der Waals surface area (Å²) >= 11 is 7.31. The van der Waals surface area contributed by atoms with E-state index >= 15 is 0 Å². The van der Waals surface area contributed by atoms with Gasteiger partial charge in [-0.05, 0) is 24.3 Å². The molecule has 1 N–H and O–H groups in total. The first kappa shape index (κ1) is 16.5. The lowest BCUT2D eigenvalue weighted by Gasteiger charge is -2.16. The van der Waals surface area contributed by atoms with E-state index in [0.29, 0.717) is 16.4 Å². The summed E-state index contributed by atoms with van der Waals surface area (Å²) in [5.74, 6) is -0.425. The summed E-state index contributed by atoms with van der Waals surface area (Å²) in [6.45, 7) is -0.0241. The van der Waals surface area contributed by atoms with Gasteiger partial charge in [-0.25, -0.2) is 4.98 Å². The van der Waals surface area contributed by atoms with Crippen LogP contribution in [0.25, 0.3) is 4.96 Å². The van der Waals surface area contributed by atoms with Crippen molar-refractivity contribution in [3.63, 3.8) is 0 Å². The average Bonchev–Trinajstić information content (AvgIpc) is 3.10. The molecule has 3 rings (SSSR count). The van der Waals surface area contributed by atoms with Gasteiger partial charge in [0.1, 0.15) is 0 Å². The Balaban J connectivity index is 1.54. The van der Waals surface area contributed by atoms with Crippen molar-refractivity contribution < 1.29 is 9.59 Å². The largest absolute Gasteiger partial charge is 0.336 e. The molecular formula is C16H15ClN4O2S. The molecule has 1 aromatic carbocycles. The molecule has 0 aliphatic heterocycles. The summed E-state index contributed by atoms with van der Waals surface area (Å²) in [6.07, 6.45) is 3.88. The Morgan fingerprint density at radius 2 is 2.08 bits per heavy atom. The number of aromatic nitrogens is 2. The molecule has 0 saturated heterocycles. The Labute approximate surface area is 147 Å². The second kappa shape index (κ2) is 7.02. The molecule has 0 radical (unpaired) electrons. The fourth-order valence-corrected chi connectivity index (χ4v) is 3.03. The van der Waals surface area contributed by atoms with E-state index in [2.05, 4.69) is 10.3 Å². The van der Waals surface area contributed by atoms with Gasteiger partial charge in [0.25, 0.3) is 0 Å². The van der Waals surface area contributed by atoms with Crippen LogP contribution in [0, 0.1) is 0 Å². The second-order valence-corrected chi connectivity index (χ2v) is 6.62. The number of likely N-dealkylation sites (N-methyl/N-ethyl adjacent to an activating group) is 1. The van der Waals surface area contributed by atoms with E-state index in [9.17, 15) is 9.59 Å². The molecule has 2 amide bonds. The number of benzene rings is 1. The molecule has 0 fully saturated rings. The Hall–Kier alpha value is -2.38. The number of carbonyl (C=O) groups is 2. The van der Waals surface area contributed by atoms with Crippen molar-refractivity contribution in [1.29, 1.82) is 0 Å². The molecule has 24 heavy (non-hydrogen) atoms. The van der Waals surface area contributed by atoms with Crippen LogP contribution in [-0.2, 0) is 16.0 Å². The van der Waals surface area contributed by atoms with Crippen LogP contribution in [0.2, 0.25) is 5.02 Å². The number of nitrogens with zero attached hydrogens (tertiary/aromatic N) is 3. The number of carbonyl (C=O) groups excluding carboxylic acids is 2. The van der Waals surface area contributed by atoms with Gasteiger partial charge in [-0.15, -0.1) is 11.3 Å². The van der Waals surface area contributed by atoms with Crippen molar-refractivity contribution in [3.05, 3.63) is 52.8 Å². The van der Waals surface area contributed by atoms with Crippen molar-refractivity contribution in [3.8, 4) is 0 Å². The minimum atomic E-state index is -0.265. The van der Waals surface area contributed by atoms with E-state index in [4.69, 9.17) is 11.6 Å². The van der Waals surface area contributed by atoms with Crippen LogP contribution < -0.4 is 5.32 Å². The lowest BCUT2D eigenvalue weighted by atomic mass is 10.3. The molecule has 124 valence electrons. The number of anilines is 1. The van der Waals surface area contributed by atoms with Gasteiger partial charge in [0.05, 0.1) is 18.7 Å². The number of thiazole rings is 1. The molecule has 8 heteroatoms. The molecule has 2 aromatic heterocycles. The van der Waals surface area contributed by atoms with Gasteiger partial charge in [0.15, 0.2) is 4.96 Å². The monoisotopic (exact) mass is 362 g/mol. The Bertz CT molecular complexity index is 843. The predicted octanol–water partition coefficient (Wildman–Crippen LogP) is 2.69. The van der Waals surface area contributed by atoms with Crippen LogP contribution in [0.4, 0.5) is 5.69 Å². The van der Waals surface area contributed by atoms with Crippen LogP contribution in [0.5, 0.6) is 0 Å². The average molecular weight is 363 g/mol. The van der Waals surface area contributed by atoms with Gasteiger partial charge in [-0.3, -0.25) is 14.0 Å². The maximum absolute atomic E-state index is 12.2. The van der Waals surface area contributed by atoms with Gasteiger partial charge >= 0.3 is 0 Å². The molecule has 0 saturated carbocycles. The molecule has 0 aliphatic rings. The number of rotatable bonds is 5. The molecule has 0 spiro atoms. The Morgan fingerprint density at radius 1 is 1.33 bits per heavy atom. The zero-order chi connectivity index (χ0) is 17.1.